The molecule has 0 aromatic heterocycles. The van der Waals surface area contributed by atoms with Crippen LogP contribution in [0.25, 0.3) is 0 Å². The molecule has 6 nitrogen and oxygen atoms in total. The SMILES string of the molecule is CCCN(CC1(O)CCC2C34C=CC5(C=C3C(=O)Cc3c(F)cccc3Cl)CC(O)CCC5(C)C4CCC21C)S(C)(=O)=O. The number of Topliss-reactive ketones (excluding diaryl/α,β-unsaturated/α-hetero) is 1. The fourth-order valence-corrected chi connectivity index (χ4v) is 11.7. The standard InChI is InChI=1S/C34H45ClFNO5S/c1-5-17-37(43(4,41)42)21-33(40)14-11-29-31(33,3)13-10-28-30(2)12-9-22(38)19-32(30)15-16-34(28,29)24(20-32)27(39)18-23-25(35)7-6-8-26(23)36/h6-8,15-16,20,22,28-29,38,40H,5,9-14,17-19,21H2,1-4H3. The molecule has 0 saturated heterocycles. The lowest BCUT2D eigenvalue weighted by atomic mass is 9.32. The molecular formula is C34H45ClFNO5S. The van der Waals surface area contributed by atoms with E-state index in [2.05, 4.69) is 32.1 Å². The van der Waals surface area contributed by atoms with Gasteiger partial charge in [-0.3, -0.25) is 4.79 Å². The first-order valence-electron chi connectivity index (χ1n) is 15.8. The number of aliphatic hydroxyl groups is 2. The van der Waals surface area contributed by atoms with Gasteiger partial charge in [-0.25, -0.2) is 12.8 Å². The van der Waals surface area contributed by atoms with Crippen molar-refractivity contribution in [3.05, 3.63) is 58.4 Å². The van der Waals surface area contributed by atoms with Gasteiger partial charge in [0.15, 0.2) is 5.78 Å². The molecule has 9 heteroatoms. The monoisotopic (exact) mass is 633 g/mol. The van der Waals surface area contributed by atoms with Gasteiger partial charge >= 0.3 is 0 Å². The number of hydrogen-bond acceptors (Lipinski definition) is 5. The van der Waals surface area contributed by atoms with Crippen molar-refractivity contribution in [3.8, 4) is 0 Å². The van der Waals surface area contributed by atoms with Crippen LogP contribution in [0, 0.1) is 39.3 Å². The van der Waals surface area contributed by atoms with Crippen LogP contribution in [-0.4, -0.2) is 59.8 Å². The summed E-state index contributed by atoms with van der Waals surface area (Å²) in [5.74, 6) is -0.703. The Bertz CT molecular complexity index is 1490. The molecule has 8 unspecified atom stereocenters. The van der Waals surface area contributed by atoms with Crippen LogP contribution < -0.4 is 0 Å². The van der Waals surface area contributed by atoms with Crippen molar-refractivity contribution in [1.29, 1.82) is 0 Å². The molecule has 1 aromatic rings. The molecule has 6 aliphatic carbocycles. The number of benzene rings is 1. The predicted molar refractivity (Wildman–Crippen MR) is 165 cm³/mol. The van der Waals surface area contributed by atoms with Crippen molar-refractivity contribution in [2.24, 2.45) is 33.5 Å². The number of carbonyl (C=O) groups is 1. The van der Waals surface area contributed by atoms with E-state index in [4.69, 9.17) is 11.6 Å². The summed E-state index contributed by atoms with van der Waals surface area (Å²) in [6.07, 6.45) is 12.4. The Balaban J connectivity index is 1.48. The van der Waals surface area contributed by atoms with Crippen molar-refractivity contribution in [3.63, 3.8) is 0 Å². The maximum atomic E-state index is 14.9. The molecule has 43 heavy (non-hydrogen) atoms. The maximum Gasteiger partial charge on any atom is 0.211 e. The average Bonchev–Trinajstić information content (AvgIpc) is 3.20. The maximum absolute atomic E-state index is 14.9. The van der Waals surface area contributed by atoms with Crippen LogP contribution in [0.4, 0.5) is 4.39 Å². The molecular weight excluding hydrogens is 589 g/mol. The highest BCUT2D eigenvalue weighted by atomic mass is 35.5. The van der Waals surface area contributed by atoms with Gasteiger partial charge in [-0.1, -0.05) is 56.7 Å². The van der Waals surface area contributed by atoms with Crippen molar-refractivity contribution >= 4 is 27.4 Å². The fraction of sp³-hybridized carbons (Fsp3) is 0.676. The minimum absolute atomic E-state index is 0.0301. The first-order valence-corrected chi connectivity index (χ1v) is 18.0. The van der Waals surface area contributed by atoms with Crippen LogP contribution in [0.15, 0.2) is 42.0 Å². The minimum atomic E-state index is -3.53. The predicted octanol–water partition coefficient (Wildman–Crippen LogP) is 5.85. The molecule has 2 spiro atoms. The second kappa shape index (κ2) is 10.2. The highest BCUT2D eigenvalue weighted by molar-refractivity contribution is 7.88. The van der Waals surface area contributed by atoms with E-state index in [1.807, 2.05) is 6.92 Å². The topological polar surface area (TPSA) is 94.9 Å². The van der Waals surface area contributed by atoms with E-state index in [9.17, 15) is 27.8 Å². The van der Waals surface area contributed by atoms with Gasteiger partial charge < -0.3 is 10.2 Å². The van der Waals surface area contributed by atoms with Gasteiger partial charge in [0.25, 0.3) is 0 Å². The summed E-state index contributed by atoms with van der Waals surface area (Å²) in [5.41, 5.74) is -2.45. The van der Waals surface area contributed by atoms with E-state index in [0.29, 0.717) is 50.6 Å². The average molecular weight is 634 g/mol. The summed E-state index contributed by atoms with van der Waals surface area (Å²) in [6, 6.07) is 4.45. The Labute approximate surface area is 260 Å². The smallest absolute Gasteiger partial charge is 0.211 e. The fourth-order valence-electron chi connectivity index (χ4n) is 10.5. The molecule has 3 saturated carbocycles. The number of allylic oxidation sites excluding steroid dienone is 4. The Morgan fingerprint density at radius 1 is 1.09 bits per heavy atom. The van der Waals surface area contributed by atoms with Gasteiger partial charge in [0.05, 0.1) is 18.0 Å². The zero-order chi connectivity index (χ0) is 31.2. The van der Waals surface area contributed by atoms with Crippen LogP contribution in [0.3, 0.4) is 0 Å². The molecule has 0 aliphatic heterocycles. The molecule has 7 rings (SSSR count). The van der Waals surface area contributed by atoms with Gasteiger partial charge in [0.2, 0.25) is 10.0 Å². The van der Waals surface area contributed by atoms with Gasteiger partial charge in [0, 0.05) is 51.9 Å². The Kier molecular flexibility index (Phi) is 7.46. The number of hydrogen-bond donors (Lipinski definition) is 2. The number of nitrogens with zero attached hydrogens (tertiary/aromatic N) is 1. The Morgan fingerprint density at radius 2 is 1.77 bits per heavy atom. The lowest BCUT2D eigenvalue weighted by Gasteiger charge is -2.71. The number of ketones is 1. The third-order valence-corrected chi connectivity index (χ3v) is 14.4. The van der Waals surface area contributed by atoms with Crippen LogP contribution in [0.5, 0.6) is 0 Å². The molecule has 0 heterocycles. The Morgan fingerprint density at radius 3 is 2.44 bits per heavy atom. The first kappa shape index (κ1) is 31.4. The van der Waals surface area contributed by atoms with E-state index in [1.165, 1.54) is 22.7 Å². The summed E-state index contributed by atoms with van der Waals surface area (Å²) in [4.78, 5) is 14.5. The molecule has 2 N–H and O–H groups in total. The molecule has 3 fully saturated rings. The van der Waals surface area contributed by atoms with Crippen molar-refractivity contribution in [2.45, 2.75) is 90.3 Å². The third-order valence-electron chi connectivity index (χ3n) is 12.8. The summed E-state index contributed by atoms with van der Waals surface area (Å²) >= 11 is 6.39. The number of carbonyl (C=O) groups excluding carboxylic acids is 1. The van der Waals surface area contributed by atoms with Crippen molar-refractivity contribution in [2.75, 3.05) is 19.3 Å². The molecule has 236 valence electrons. The normalized spacial score (nSPS) is 41.5. The van der Waals surface area contributed by atoms with Gasteiger partial charge in [-0.05, 0) is 80.8 Å². The molecule has 0 radical (unpaired) electrons. The highest BCUT2D eigenvalue weighted by Gasteiger charge is 2.74. The minimum Gasteiger partial charge on any atom is -0.393 e. The summed E-state index contributed by atoms with van der Waals surface area (Å²) in [6.45, 7) is 6.70. The van der Waals surface area contributed by atoms with Gasteiger partial charge in [-0.2, -0.15) is 4.31 Å². The summed E-state index contributed by atoms with van der Waals surface area (Å²) in [5, 5.41) is 23.5. The molecule has 2 bridgehead atoms. The van der Waals surface area contributed by atoms with E-state index >= 15 is 0 Å². The number of aliphatic hydroxyl groups excluding tert-OH is 1. The zero-order valence-corrected chi connectivity index (χ0v) is 27.3. The number of sulfonamides is 1. The lowest BCUT2D eigenvalue weighted by molar-refractivity contribution is -0.176. The van der Waals surface area contributed by atoms with Crippen LogP contribution >= 0.6 is 11.6 Å². The van der Waals surface area contributed by atoms with E-state index in [0.717, 1.165) is 12.8 Å². The second-order valence-corrected chi connectivity index (χ2v) is 17.1. The van der Waals surface area contributed by atoms with Crippen LogP contribution in [-0.2, 0) is 21.2 Å². The zero-order valence-electron chi connectivity index (χ0n) is 25.7. The van der Waals surface area contributed by atoms with E-state index < -0.39 is 43.8 Å². The molecule has 0 amide bonds. The number of rotatable bonds is 8. The van der Waals surface area contributed by atoms with Crippen molar-refractivity contribution < 1.29 is 27.8 Å². The molecule has 8 atom stereocenters. The van der Waals surface area contributed by atoms with Gasteiger partial charge in [0.1, 0.15) is 5.82 Å². The number of fused-ring (bicyclic) bond motifs is 1. The van der Waals surface area contributed by atoms with Crippen LogP contribution in [0.1, 0.15) is 77.7 Å². The van der Waals surface area contributed by atoms with E-state index in [-0.39, 0.29) is 46.6 Å². The second-order valence-electron chi connectivity index (χ2n) is 14.7. The summed E-state index contributed by atoms with van der Waals surface area (Å²) in [7, 11) is -3.53. The molecule has 6 aliphatic rings. The van der Waals surface area contributed by atoms with Crippen LogP contribution in [0.2, 0.25) is 5.02 Å². The van der Waals surface area contributed by atoms with E-state index in [1.54, 1.807) is 6.07 Å². The number of halogens is 2. The van der Waals surface area contributed by atoms with Gasteiger partial charge in [-0.15, -0.1) is 0 Å². The molecule has 1 aromatic carbocycles. The third kappa shape index (κ3) is 4.33. The summed E-state index contributed by atoms with van der Waals surface area (Å²) < 4.78 is 41.9. The quantitative estimate of drug-likeness (QED) is 0.350. The Hall–Kier alpha value is -1.58. The highest BCUT2D eigenvalue weighted by Crippen LogP contribution is 2.78. The lowest BCUT2D eigenvalue weighted by Crippen LogP contribution is -2.67. The largest absolute Gasteiger partial charge is 0.393 e. The first-order chi connectivity index (χ1) is 20.1. The van der Waals surface area contributed by atoms with Crippen molar-refractivity contribution in [1.82, 2.24) is 4.31 Å².